The minimum absolute atomic E-state index is 0.0690. The van der Waals surface area contributed by atoms with Crippen molar-refractivity contribution in [2.75, 3.05) is 6.26 Å². The summed E-state index contributed by atoms with van der Waals surface area (Å²) in [5, 5.41) is 8.64. The Balaban J connectivity index is 2.95. The molecular weight excluding hydrogens is 192 g/mol. The van der Waals surface area contributed by atoms with Gasteiger partial charge in [-0.05, 0) is 13.0 Å². The van der Waals surface area contributed by atoms with Crippen LogP contribution in [0.2, 0.25) is 0 Å². The molecule has 0 saturated carbocycles. The lowest BCUT2D eigenvalue weighted by molar-refractivity contribution is 0.0659. The molecule has 0 fully saturated rings. The number of furan rings is 1. The first kappa shape index (κ1) is 9.98. The number of aryl methyl sites for hydroxylation is 1. The van der Waals surface area contributed by atoms with Gasteiger partial charge >= 0.3 is 5.97 Å². The van der Waals surface area contributed by atoms with Gasteiger partial charge < -0.3 is 9.52 Å². The summed E-state index contributed by atoms with van der Waals surface area (Å²) in [5.41, 5.74) is 0.563. The van der Waals surface area contributed by atoms with Crippen LogP contribution in [-0.4, -0.2) is 21.5 Å². The van der Waals surface area contributed by atoms with Crippen LogP contribution in [0, 0.1) is 6.92 Å². The van der Waals surface area contributed by atoms with E-state index in [9.17, 15) is 9.00 Å². The molecule has 1 aromatic heterocycles. The highest BCUT2D eigenvalue weighted by atomic mass is 32.2. The van der Waals surface area contributed by atoms with Gasteiger partial charge in [0, 0.05) is 22.6 Å². The smallest absolute Gasteiger partial charge is 0.372 e. The minimum atomic E-state index is -1.09. The summed E-state index contributed by atoms with van der Waals surface area (Å²) >= 11 is 0. The summed E-state index contributed by atoms with van der Waals surface area (Å²) < 4.78 is 15.8. The molecule has 0 aliphatic carbocycles. The number of hydrogen-bond donors (Lipinski definition) is 1. The summed E-state index contributed by atoms with van der Waals surface area (Å²) in [6.45, 7) is 1.65. The van der Waals surface area contributed by atoms with Crippen molar-refractivity contribution in [2.45, 2.75) is 12.7 Å². The fraction of sp³-hybridized carbons (Fsp3) is 0.375. The Kier molecular flexibility index (Phi) is 2.87. The molecule has 72 valence electrons. The quantitative estimate of drug-likeness (QED) is 0.798. The van der Waals surface area contributed by atoms with Crippen LogP contribution < -0.4 is 0 Å². The van der Waals surface area contributed by atoms with Gasteiger partial charge in [0.2, 0.25) is 5.76 Å². The number of rotatable bonds is 3. The van der Waals surface area contributed by atoms with Gasteiger partial charge in [-0.15, -0.1) is 0 Å². The lowest BCUT2D eigenvalue weighted by Crippen LogP contribution is -1.95. The highest BCUT2D eigenvalue weighted by Gasteiger charge is 2.14. The Hall–Kier alpha value is -1.10. The van der Waals surface area contributed by atoms with Crippen molar-refractivity contribution in [1.29, 1.82) is 0 Å². The summed E-state index contributed by atoms with van der Waals surface area (Å²) in [7, 11) is -1.01. The molecule has 1 rings (SSSR count). The van der Waals surface area contributed by atoms with Crippen molar-refractivity contribution >= 4 is 16.8 Å². The maximum Gasteiger partial charge on any atom is 0.372 e. The Labute approximate surface area is 78.0 Å². The molecule has 1 N–H and O–H groups in total. The summed E-state index contributed by atoms with van der Waals surface area (Å²) in [6, 6.07) is 1.60. The lowest BCUT2D eigenvalue weighted by Gasteiger charge is -1.90. The topological polar surface area (TPSA) is 67.5 Å². The van der Waals surface area contributed by atoms with Crippen molar-refractivity contribution in [2.24, 2.45) is 0 Å². The lowest BCUT2D eigenvalue weighted by atomic mass is 10.3. The van der Waals surface area contributed by atoms with Crippen LogP contribution in [0.5, 0.6) is 0 Å². The van der Waals surface area contributed by atoms with Gasteiger partial charge in [0.25, 0.3) is 0 Å². The van der Waals surface area contributed by atoms with E-state index >= 15 is 0 Å². The molecule has 1 heterocycles. The van der Waals surface area contributed by atoms with Crippen molar-refractivity contribution in [3.05, 3.63) is 23.2 Å². The predicted molar refractivity (Wildman–Crippen MR) is 48.2 cm³/mol. The standard InChI is InChI=1S/C8H10O4S/c1-5-3-6(4-13(2)11)12-7(5)8(9)10/h3H,4H2,1-2H3,(H,9,10). The van der Waals surface area contributed by atoms with Crippen LogP contribution in [0.3, 0.4) is 0 Å². The number of aromatic carboxylic acids is 1. The van der Waals surface area contributed by atoms with Gasteiger partial charge in [-0.1, -0.05) is 0 Å². The monoisotopic (exact) mass is 202 g/mol. The molecule has 0 aliphatic heterocycles. The predicted octanol–water partition coefficient (Wildman–Crippen LogP) is 1.16. The highest BCUT2D eigenvalue weighted by molar-refractivity contribution is 7.83. The average molecular weight is 202 g/mol. The number of carbonyl (C=O) groups is 1. The molecule has 1 unspecified atom stereocenters. The molecule has 1 aromatic rings. The zero-order valence-electron chi connectivity index (χ0n) is 7.36. The van der Waals surface area contributed by atoms with Crippen LogP contribution in [0.1, 0.15) is 21.9 Å². The molecule has 0 saturated heterocycles. The van der Waals surface area contributed by atoms with Crippen molar-refractivity contribution in [1.82, 2.24) is 0 Å². The Morgan fingerprint density at radius 2 is 2.31 bits per heavy atom. The van der Waals surface area contributed by atoms with Crippen molar-refractivity contribution in [3.63, 3.8) is 0 Å². The Morgan fingerprint density at radius 1 is 1.69 bits per heavy atom. The average Bonchev–Trinajstić information content (AvgIpc) is 2.29. The van der Waals surface area contributed by atoms with E-state index in [4.69, 9.17) is 9.52 Å². The molecule has 4 nitrogen and oxygen atoms in total. The van der Waals surface area contributed by atoms with E-state index in [0.29, 0.717) is 11.3 Å². The van der Waals surface area contributed by atoms with Crippen molar-refractivity contribution in [3.8, 4) is 0 Å². The molecule has 0 amide bonds. The molecule has 0 radical (unpaired) electrons. The first-order valence-electron chi connectivity index (χ1n) is 3.63. The number of hydrogen-bond acceptors (Lipinski definition) is 3. The van der Waals surface area contributed by atoms with Crippen LogP contribution >= 0.6 is 0 Å². The third kappa shape index (κ3) is 2.42. The van der Waals surface area contributed by atoms with Gasteiger partial charge in [-0.2, -0.15) is 0 Å². The van der Waals surface area contributed by atoms with E-state index < -0.39 is 16.8 Å². The fourth-order valence-electron chi connectivity index (χ4n) is 1.03. The molecule has 0 bridgehead atoms. The second-order valence-corrected chi connectivity index (χ2v) is 4.18. The first-order valence-corrected chi connectivity index (χ1v) is 5.36. The second kappa shape index (κ2) is 3.74. The van der Waals surface area contributed by atoms with Gasteiger partial charge in [0.15, 0.2) is 0 Å². The van der Waals surface area contributed by atoms with Crippen LogP contribution in [-0.2, 0) is 16.6 Å². The fourth-order valence-corrected chi connectivity index (χ4v) is 1.57. The maximum atomic E-state index is 10.8. The van der Waals surface area contributed by atoms with Crippen molar-refractivity contribution < 1.29 is 18.5 Å². The Morgan fingerprint density at radius 3 is 2.69 bits per heavy atom. The SMILES string of the molecule is Cc1cc(CS(C)=O)oc1C(=O)O. The summed E-state index contributed by atoms with van der Waals surface area (Å²) in [6.07, 6.45) is 1.54. The molecular formula is C8H10O4S. The van der Waals surface area contributed by atoms with E-state index in [1.807, 2.05) is 0 Å². The third-order valence-electron chi connectivity index (χ3n) is 1.51. The Bertz CT molecular complexity index is 353. The second-order valence-electron chi connectivity index (χ2n) is 2.75. The largest absolute Gasteiger partial charge is 0.475 e. The third-order valence-corrected chi connectivity index (χ3v) is 2.20. The summed E-state index contributed by atoms with van der Waals surface area (Å²) in [4.78, 5) is 10.6. The zero-order valence-corrected chi connectivity index (χ0v) is 8.18. The molecule has 1 atom stereocenters. The summed E-state index contributed by atoms with van der Waals surface area (Å²) in [5.74, 6) is -0.449. The van der Waals surface area contributed by atoms with Gasteiger partial charge in [0.05, 0.1) is 5.75 Å². The van der Waals surface area contributed by atoms with Crippen LogP contribution in [0.4, 0.5) is 0 Å². The van der Waals surface area contributed by atoms with Gasteiger partial charge in [-0.3, -0.25) is 4.21 Å². The first-order chi connectivity index (χ1) is 6.00. The molecule has 0 spiro atoms. The van der Waals surface area contributed by atoms with E-state index in [2.05, 4.69) is 0 Å². The normalized spacial score (nSPS) is 12.8. The van der Waals surface area contributed by atoms with E-state index in [0.717, 1.165) is 0 Å². The molecule has 5 heteroatoms. The van der Waals surface area contributed by atoms with E-state index in [-0.39, 0.29) is 11.5 Å². The molecule has 13 heavy (non-hydrogen) atoms. The van der Waals surface area contributed by atoms with Gasteiger partial charge in [-0.25, -0.2) is 4.79 Å². The minimum Gasteiger partial charge on any atom is -0.475 e. The maximum absolute atomic E-state index is 10.8. The van der Waals surface area contributed by atoms with Gasteiger partial charge in [0.1, 0.15) is 5.76 Å². The zero-order chi connectivity index (χ0) is 10.0. The van der Waals surface area contributed by atoms with E-state index in [1.54, 1.807) is 13.0 Å². The molecule has 0 aliphatic rings. The van der Waals surface area contributed by atoms with E-state index in [1.165, 1.54) is 6.26 Å². The van der Waals surface area contributed by atoms with Crippen LogP contribution in [0.15, 0.2) is 10.5 Å². The number of carboxylic acid groups (broad SMARTS) is 1. The van der Waals surface area contributed by atoms with Crippen LogP contribution in [0.25, 0.3) is 0 Å². The molecule has 0 aromatic carbocycles. The highest BCUT2D eigenvalue weighted by Crippen LogP contribution is 2.15. The number of carboxylic acids is 1.